The van der Waals surface area contributed by atoms with Crippen molar-refractivity contribution in [3.8, 4) is 11.5 Å². The van der Waals surface area contributed by atoms with E-state index in [0.29, 0.717) is 23.9 Å². The molecule has 5 atom stereocenters. The lowest BCUT2D eigenvalue weighted by Crippen LogP contribution is -2.65. The highest BCUT2D eigenvalue weighted by atomic mass is 16.5. The third-order valence-corrected chi connectivity index (χ3v) is 9.02. The van der Waals surface area contributed by atoms with Crippen LogP contribution < -0.4 is 10.5 Å². The molecule has 39 heavy (non-hydrogen) atoms. The quantitative estimate of drug-likeness (QED) is 0.338. The van der Waals surface area contributed by atoms with Crippen molar-refractivity contribution in [2.45, 2.75) is 56.8 Å². The van der Waals surface area contributed by atoms with E-state index >= 15 is 0 Å². The van der Waals surface area contributed by atoms with Crippen molar-refractivity contribution in [2.75, 3.05) is 27.7 Å². The predicted molar refractivity (Wildman–Crippen MR) is 140 cm³/mol. The van der Waals surface area contributed by atoms with Gasteiger partial charge < -0.3 is 30.9 Å². The Balaban J connectivity index is 1.67. The van der Waals surface area contributed by atoms with Crippen LogP contribution in [0.5, 0.6) is 11.5 Å². The molecule has 1 saturated heterocycles. The number of hydrogen-bond donors (Lipinski definition) is 5. The fraction of sp³-hybridized carbons (Fsp3) is 0.536. The van der Waals surface area contributed by atoms with Crippen LogP contribution in [0.25, 0.3) is 5.76 Å². The summed E-state index contributed by atoms with van der Waals surface area (Å²) >= 11 is 0. The fourth-order valence-corrected chi connectivity index (χ4v) is 7.17. The third kappa shape index (κ3) is 3.78. The van der Waals surface area contributed by atoms with Gasteiger partial charge in [0, 0.05) is 35.2 Å². The van der Waals surface area contributed by atoms with Crippen LogP contribution in [0, 0.1) is 11.8 Å². The van der Waals surface area contributed by atoms with Crippen LogP contribution in [-0.4, -0.2) is 93.1 Å². The maximum atomic E-state index is 13.9. The van der Waals surface area contributed by atoms with Gasteiger partial charge in [-0.25, -0.2) is 0 Å². The van der Waals surface area contributed by atoms with Gasteiger partial charge in [-0.1, -0.05) is 0 Å². The summed E-state index contributed by atoms with van der Waals surface area (Å²) in [7, 11) is 4.65. The lowest BCUT2D eigenvalue weighted by Gasteiger charge is -2.50. The summed E-state index contributed by atoms with van der Waals surface area (Å²) in [5, 5.41) is 45.1. The highest BCUT2D eigenvalue weighted by Crippen LogP contribution is 2.54. The molecule has 0 radical (unpaired) electrons. The molecule has 4 aliphatic rings. The second-order valence-corrected chi connectivity index (χ2v) is 11.4. The Kier molecular flexibility index (Phi) is 6.52. The molecule has 210 valence electrons. The number of ketones is 2. The summed E-state index contributed by atoms with van der Waals surface area (Å²) in [6, 6.07) is 0.772. The van der Waals surface area contributed by atoms with E-state index in [9.17, 15) is 34.8 Å². The Morgan fingerprint density at radius 1 is 1.26 bits per heavy atom. The zero-order valence-corrected chi connectivity index (χ0v) is 22.5. The van der Waals surface area contributed by atoms with Crippen molar-refractivity contribution in [3.05, 3.63) is 39.7 Å². The van der Waals surface area contributed by atoms with Crippen LogP contribution in [0.1, 0.15) is 42.9 Å². The predicted octanol–water partition coefficient (Wildman–Crippen LogP) is 0.957. The van der Waals surface area contributed by atoms with Crippen LogP contribution in [-0.2, 0) is 27.3 Å². The Bertz CT molecular complexity index is 1350. The number of Topliss-reactive ketones (excluding diaryl/α,β-unsaturated/α-hetero) is 2. The molecule has 1 saturated carbocycles. The summed E-state index contributed by atoms with van der Waals surface area (Å²) in [6.45, 7) is 3.60. The van der Waals surface area contributed by atoms with Gasteiger partial charge in [-0.2, -0.15) is 0 Å². The Labute approximate surface area is 226 Å². The van der Waals surface area contributed by atoms with Gasteiger partial charge >= 0.3 is 0 Å². The van der Waals surface area contributed by atoms with Gasteiger partial charge in [0.1, 0.15) is 28.6 Å². The second kappa shape index (κ2) is 9.35. The third-order valence-electron chi connectivity index (χ3n) is 9.02. The molecule has 1 aromatic carbocycles. The van der Waals surface area contributed by atoms with Crippen LogP contribution in [0.2, 0.25) is 0 Å². The second-order valence-electron chi connectivity index (χ2n) is 11.4. The maximum absolute atomic E-state index is 13.9. The van der Waals surface area contributed by atoms with Crippen molar-refractivity contribution in [2.24, 2.45) is 17.6 Å². The number of carbonyl (C=O) groups is 3. The number of hydrogen-bond acceptors (Lipinski definition) is 10. The molecule has 1 aromatic rings. The van der Waals surface area contributed by atoms with Crippen LogP contribution >= 0.6 is 0 Å². The molecule has 5 rings (SSSR count). The first-order chi connectivity index (χ1) is 18.3. The van der Waals surface area contributed by atoms with E-state index in [-0.39, 0.29) is 29.7 Å². The van der Waals surface area contributed by atoms with Gasteiger partial charge in [-0.15, -0.1) is 0 Å². The van der Waals surface area contributed by atoms with Crippen molar-refractivity contribution in [1.82, 2.24) is 9.80 Å². The number of aromatic hydroxyl groups is 1. The monoisotopic (exact) mass is 541 g/mol. The first-order valence-electron chi connectivity index (χ1n) is 13.1. The lowest BCUT2D eigenvalue weighted by molar-refractivity contribution is -0.153. The summed E-state index contributed by atoms with van der Waals surface area (Å²) in [6.07, 6.45) is 2.37. The van der Waals surface area contributed by atoms with Crippen molar-refractivity contribution in [1.29, 1.82) is 0 Å². The molecule has 6 N–H and O–H groups in total. The molecular formula is C28H35N3O8. The molecule has 11 heteroatoms. The Hall–Kier alpha value is -3.41. The zero-order chi connectivity index (χ0) is 28.5. The fourth-order valence-electron chi connectivity index (χ4n) is 7.17. The molecule has 0 bridgehead atoms. The summed E-state index contributed by atoms with van der Waals surface area (Å²) in [4.78, 5) is 43.0. The SMILES string of the molecule is COc1c(CN2CCC[C@@H]2C)cc(O)c2c1C[C@H]1C[C@H]3[C@H](N(C)C)C(=O)C(C(N)=O)=C(O)[C@@]3(O)C(=O)C1=C2O. The average Bonchev–Trinajstić information content (AvgIpc) is 3.25. The number of nitrogens with two attached hydrogens (primary N) is 1. The minimum Gasteiger partial charge on any atom is -0.508 e. The van der Waals surface area contributed by atoms with Gasteiger partial charge in [-0.05, 0) is 65.2 Å². The van der Waals surface area contributed by atoms with Crippen molar-refractivity contribution < 1.29 is 39.5 Å². The maximum Gasteiger partial charge on any atom is 0.255 e. The number of phenolic OH excluding ortho intramolecular Hbond substituents is 1. The number of methoxy groups -OCH3 is 1. The van der Waals surface area contributed by atoms with Gasteiger partial charge in [0.2, 0.25) is 5.78 Å². The normalized spacial score (nSPS) is 30.9. The molecule has 1 amide bonds. The van der Waals surface area contributed by atoms with Gasteiger partial charge in [0.15, 0.2) is 11.4 Å². The minimum absolute atomic E-state index is 0.0290. The van der Waals surface area contributed by atoms with E-state index in [2.05, 4.69) is 11.8 Å². The topological polar surface area (TPSA) is 174 Å². The number of phenols is 1. The number of ether oxygens (including phenoxy) is 1. The van der Waals surface area contributed by atoms with Gasteiger partial charge in [-0.3, -0.25) is 24.2 Å². The van der Waals surface area contributed by atoms with Crippen molar-refractivity contribution >= 4 is 23.2 Å². The number of rotatable bonds is 5. The Morgan fingerprint density at radius 2 is 1.95 bits per heavy atom. The summed E-state index contributed by atoms with van der Waals surface area (Å²) in [5.41, 5.74) is 3.01. The standard InChI is InChI=1S/C28H35N3O8/c1-12-6-5-7-31(12)11-14-10-17(32)19-15(24(14)39-4)8-13-9-16-21(30(2)3)23(34)20(27(29)37)26(36)28(16,38)25(35)18(13)22(19)33/h10,12-13,16,21,32-33,36,38H,5-9,11H2,1-4H3,(H2,29,37)/t12-,13-,16-,21-,28-/m0/s1. The van der Waals surface area contributed by atoms with Crippen LogP contribution in [0.3, 0.4) is 0 Å². The highest BCUT2D eigenvalue weighted by Gasteiger charge is 2.64. The molecule has 3 aliphatic carbocycles. The molecule has 2 fully saturated rings. The number of primary amides is 1. The number of benzene rings is 1. The molecular weight excluding hydrogens is 506 g/mol. The summed E-state index contributed by atoms with van der Waals surface area (Å²) in [5.74, 6) is -6.20. The number of likely N-dealkylation sites (N-methyl/N-ethyl adjacent to an activating group) is 1. The van der Waals surface area contributed by atoms with E-state index in [1.54, 1.807) is 14.1 Å². The summed E-state index contributed by atoms with van der Waals surface area (Å²) < 4.78 is 5.79. The molecule has 11 nitrogen and oxygen atoms in total. The van der Waals surface area contributed by atoms with E-state index < -0.39 is 58.0 Å². The molecule has 0 spiro atoms. The number of aliphatic hydroxyl groups is 3. The minimum atomic E-state index is -2.66. The Morgan fingerprint density at radius 3 is 2.51 bits per heavy atom. The zero-order valence-electron chi connectivity index (χ0n) is 22.5. The highest BCUT2D eigenvalue weighted by molar-refractivity contribution is 6.24. The number of fused-ring (bicyclic) bond motifs is 3. The molecule has 0 unspecified atom stereocenters. The smallest absolute Gasteiger partial charge is 0.255 e. The first kappa shape index (κ1) is 27.2. The van der Waals surface area contributed by atoms with Crippen molar-refractivity contribution in [3.63, 3.8) is 0 Å². The lowest BCUT2D eigenvalue weighted by atomic mass is 9.57. The van der Waals surface area contributed by atoms with E-state index in [0.717, 1.165) is 24.9 Å². The number of nitrogens with zero attached hydrogens (tertiary/aromatic N) is 2. The molecule has 1 heterocycles. The van der Waals surface area contributed by atoms with Crippen LogP contribution in [0.4, 0.5) is 0 Å². The number of aliphatic hydroxyl groups excluding tert-OH is 2. The van der Waals surface area contributed by atoms with E-state index in [1.807, 2.05) is 0 Å². The first-order valence-corrected chi connectivity index (χ1v) is 13.1. The number of amides is 1. The van der Waals surface area contributed by atoms with Gasteiger partial charge in [0.25, 0.3) is 5.91 Å². The van der Waals surface area contributed by atoms with E-state index in [1.165, 1.54) is 18.1 Å². The largest absolute Gasteiger partial charge is 0.508 e. The van der Waals surface area contributed by atoms with Gasteiger partial charge in [0.05, 0.1) is 18.7 Å². The van der Waals surface area contributed by atoms with E-state index in [4.69, 9.17) is 10.5 Å². The molecule has 0 aromatic heterocycles. The molecule has 1 aliphatic heterocycles. The average molecular weight is 542 g/mol. The number of carbonyl (C=O) groups excluding carboxylic acids is 3. The van der Waals surface area contributed by atoms with Crippen LogP contribution in [0.15, 0.2) is 23.0 Å². The number of likely N-dealkylation sites (tertiary alicyclic amines) is 1.